The molecule has 1 atom stereocenters. The Kier molecular flexibility index (Phi) is 3.86. The Morgan fingerprint density at radius 1 is 1.14 bits per heavy atom. The number of rotatable bonds is 4. The summed E-state index contributed by atoms with van der Waals surface area (Å²) in [6.45, 7) is 1.79. The molecule has 5 nitrogen and oxygen atoms in total. The van der Waals surface area contributed by atoms with Gasteiger partial charge in [0.15, 0.2) is 0 Å². The highest BCUT2D eigenvalue weighted by Crippen LogP contribution is 2.21. The summed E-state index contributed by atoms with van der Waals surface area (Å²) in [6.07, 6.45) is 0. The molecule has 114 valence electrons. The van der Waals surface area contributed by atoms with Crippen LogP contribution in [0, 0.1) is 0 Å². The number of H-pyrrole nitrogens is 1. The Labute approximate surface area is 131 Å². The van der Waals surface area contributed by atoms with Gasteiger partial charge in [0.25, 0.3) is 0 Å². The lowest BCUT2D eigenvalue weighted by Gasteiger charge is -2.14. The zero-order chi connectivity index (χ0) is 15.7. The SMILES string of the molecule is C[C@H](NS(=O)(=O)c1ccc2[nH]c(=O)sc2c1)c1ccccc1. The van der Waals surface area contributed by atoms with Crippen molar-refractivity contribution in [3.05, 3.63) is 63.8 Å². The molecule has 0 aliphatic rings. The van der Waals surface area contributed by atoms with E-state index in [4.69, 9.17) is 0 Å². The van der Waals surface area contributed by atoms with Crippen molar-refractivity contribution in [2.45, 2.75) is 17.9 Å². The van der Waals surface area contributed by atoms with Crippen molar-refractivity contribution in [1.29, 1.82) is 0 Å². The molecule has 0 aliphatic carbocycles. The van der Waals surface area contributed by atoms with Gasteiger partial charge in [0.1, 0.15) is 0 Å². The number of thiazole rings is 1. The second-order valence-electron chi connectivity index (χ2n) is 4.93. The molecular weight excluding hydrogens is 320 g/mol. The van der Waals surface area contributed by atoms with Crippen LogP contribution in [-0.2, 0) is 10.0 Å². The fourth-order valence-corrected chi connectivity index (χ4v) is 4.31. The summed E-state index contributed by atoms with van der Waals surface area (Å²) in [6, 6.07) is 13.6. The number of hydrogen-bond donors (Lipinski definition) is 2. The van der Waals surface area contributed by atoms with Crippen molar-refractivity contribution in [1.82, 2.24) is 9.71 Å². The van der Waals surface area contributed by atoms with E-state index in [9.17, 15) is 13.2 Å². The average Bonchev–Trinajstić information content (AvgIpc) is 2.86. The standard InChI is InChI=1S/C15H14N2O3S2/c1-10(11-5-3-2-4-6-11)17-22(19,20)12-7-8-13-14(9-12)21-15(18)16-13/h2-10,17H,1H3,(H,16,18)/t10-/m0/s1. The van der Waals surface area contributed by atoms with Crippen LogP contribution in [0.4, 0.5) is 0 Å². The molecule has 7 heteroatoms. The van der Waals surface area contributed by atoms with Crippen LogP contribution < -0.4 is 9.60 Å². The van der Waals surface area contributed by atoms with Crippen LogP contribution in [0.15, 0.2) is 58.2 Å². The molecule has 22 heavy (non-hydrogen) atoms. The zero-order valence-electron chi connectivity index (χ0n) is 11.7. The number of aromatic amines is 1. The fourth-order valence-electron chi connectivity index (χ4n) is 2.20. The topological polar surface area (TPSA) is 79.0 Å². The highest BCUT2D eigenvalue weighted by molar-refractivity contribution is 7.89. The van der Waals surface area contributed by atoms with Gasteiger partial charge in [0.2, 0.25) is 10.0 Å². The van der Waals surface area contributed by atoms with Gasteiger partial charge in [0.05, 0.1) is 15.1 Å². The second kappa shape index (κ2) is 5.68. The number of benzene rings is 2. The number of fused-ring (bicyclic) bond motifs is 1. The smallest absolute Gasteiger partial charge is 0.305 e. The van der Waals surface area contributed by atoms with Gasteiger partial charge in [-0.2, -0.15) is 0 Å². The molecule has 0 fully saturated rings. The van der Waals surface area contributed by atoms with Crippen LogP contribution in [-0.4, -0.2) is 13.4 Å². The molecule has 0 amide bonds. The maximum Gasteiger partial charge on any atom is 0.305 e. The van der Waals surface area contributed by atoms with Gasteiger partial charge in [-0.25, -0.2) is 13.1 Å². The van der Waals surface area contributed by atoms with Crippen LogP contribution in [0.2, 0.25) is 0 Å². The summed E-state index contributed by atoms with van der Waals surface area (Å²) in [5.41, 5.74) is 1.53. The minimum Gasteiger partial charge on any atom is -0.312 e. The summed E-state index contributed by atoms with van der Waals surface area (Å²) in [5, 5.41) is 0. The number of hydrogen-bond acceptors (Lipinski definition) is 4. The molecule has 0 aliphatic heterocycles. The van der Waals surface area contributed by atoms with E-state index < -0.39 is 10.0 Å². The van der Waals surface area contributed by atoms with Gasteiger partial charge < -0.3 is 4.98 Å². The number of aromatic nitrogens is 1. The first-order valence-electron chi connectivity index (χ1n) is 6.66. The highest BCUT2D eigenvalue weighted by Gasteiger charge is 2.19. The summed E-state index contributed by atoms with van der Waals surface area (Å²) in [7, 11) is -3.65. The lowest BCUT2D eigenvalue weighted by atomic mass is 10.1. The molecule has 0 saturated carbocycles. The minimum absolute atomic E-state index is 0.151. The third kappa shape index (κ3) is 2.96. The Balaban J connectivity index is 1.92. The lowest BCUT2D eigenvalue weighted by Crippen LogP contribution is -2.26. The van der Waals surface area contributed by atoms with E-state index in [1.807, 2.05) is 30.3 Å². The normalized spacial score (nSPS) is 13.3. The predicted molar refractivity (Wildman–Crippen MR) is 87.6 cm³/mol. The molecule has 0 saturated heterocycles. The molecule has 2 N–H and O–H groups in total. The molecule has 1 aromatic heterocycles. The molecule has 0 bridgehead atoms. The first kappa shape index (κ1) is 15.0. The zero-order valence-corrected chi connectivity index (χ0v) is 13.4. The second-order valence-corrected chi connectivity index (χ2v) is 7.65. The summed E-state index contributed by atoms with van der Waals surface area (Å²) in [4.78, 5) is 13.9. The van der Waals surface area contributed by atoms with Gasteiger partial charge in [-0.05, 0) is 30.7 Å². The van der Waals surface area contributed by atoms with E-state index in [1.54, 1.807) is 13.0 Å². The molecule has 0 radical (unpaired) electrons. The highest BCUT2D eigenvalue weighted by atomic mass is 32.2. The maximum atomic E-state index is 12.5. The van der Waals surface area contributed by atoms with Crippen LogP contribution in [0.5, 0.6) is 0 Å². The maximum absolute atomic E-state index is 12.5. The Hall–Kier alpha value is -1.96. The summed E-state index contributed by atoms with van der Waals surface area (Å²) in [5.74, 6) is 0. The Morgan fingerprint density at radius 3 is 2.59 bits per heavy atom. The van der Waals surface area contributed by atoms with E-state index in [2.05, 4.69) is 9.71 Å². The molecule has 1 heterocycles. The van der Waals surface area contributed by atoms with E-state index in [0.29, 0.717) is 10.2 Å². The van der Waals surface area contributed by atoms with Gasteiger partial charge in [-0.1, -0.05) is 41.7 Å². The number of sulfonamides is 1. The van der Waals surface area contributed by atoms with Crippen molar-refractivity contribution in [2.24, 2.45) is 0 Å². The first-order valence-corrected chi connectivity index (χ1v) is 8.96. The molecule has 2 aromatic carbocycles. The fraction of sp³-hybridized carbons (Fsp3) is 0.133. The van der Waals surface area contributed by atoms with Crippen molar-refractivity contribution >= 4 is 31.6 Å². The van der Waals surface area contributed by atoms with Crippen LogP contribution in [0.25, 0.3) is 10.2 Å². The van der Waals surface area contributed by atoms with Crippen molar-refractivity contribution in [3.63, 3.8) is 0 Å². The quantitative estimate of drug-likeness (QED) is 0.770. The molecule has 3 rings (SSSR count). The minimum atomic E-state index is -3.65. The predicted octanol–water partition coefficient (Wildman–Crippen LogP) is 2.63. The van der Waals surface area contributed by atoms with Crippen LogP contribution in [0.3, 0.4) is 0 Å². The molecular formula is C15H14N2O3S2. The Morgan fingerprint density at radius 2 is 1.86 bits per heavy atom. The third-order valence-electron chi connectivity index (χ3n) is 3.33. The van der Waals surface area contributed by atoms with Crippen molar-refractivity contribution < 1.29 is 8.42 Å². The van der Waals surface area contributed by atoms with Crippen molar-refractivity contribution in [3.8, 4) is 0 Å². The van der Waals surface area contributed by atoms with E-state index in [1.165, 1.54) is 12.1 Å². The van der Waals surface area contributed by atoms with Gasteiger partial charge in [-0.3, -0.25) is 4.79 Å². The van der Waals surface area contributed by atoms with E-state index >= 15 is 0 Å². The van der Waals surface area contributed by atoms with Gasteiger partial charge in [-0.15, -0.1) is 0 Å². The Bertz CT molecular complexity index is 959. The lowest BCUT2D eigenvalue weighted by molar-refractivity contribution is 0.567. The van der Waals surface area contributed by atoms with Crippen LogP contribution >= 0.6 is 11.3 Å². The molecule has 3 aromatic rings. The largest absolute Gasteiger partial charge is 0.312 e. The summed E-state index contributed by atoms with van der Waals surface area (Å²) < 4.78 is 28.2. The average molecular weight is 334 g/mol. The van der Waals surface area contributed by atoms with E-state index in [0.717, 1.165) is 16.9 Å². The third-order valence-corrected chi connectivity index (χ3v) is 5.72. The van der Waals surface area contributed by atoms with Gasteiger partial charge in [0, 0.05) is 6.04 Å². The van der Waals surface area contributed by atoms with Gasteiger partial charge >= 0.3 is 4.87 Å². The number of nitrogens with one attached hydrogen (secondary N) is 2. The van der Waals surface area contributed by atoms with Crippen molar-refractivity contribution in [2.75, 3.05) is 0 Å². The molecule has 0 unspecified atom stereocenters. The summed E-state index contributed by atoms with van der Waals surface area (Å²) >= 11 is 0.994. The molecule has 0 spiro atoms. The van der Waals surface area contributed by atoms with Crippen LogP contribution in [0.1, 0.15) is 18.5 Å². The van der Waals surface area contributed by atoms with E-state index in [-0.39, 0.29) is 15.8 Å². The first-order chi connectivity index (χ1) is 10.5. The monoisotopic (exact) mass is 334 g/mol.